The number of thiophene rings is 2. The highest BCUT2D eigenvalue weighted by Gasteiger charge is 2.22. The topological polar surface area (TPSA) is 3.24 Å². The van der Waals surface area contributed by atoms with Crippen LogP contribution in [0.1, 0.15) is 0 Å². The molecular formula is C54H35NS2. The summed E-state index contributed by atoms with van der Waals surface area (Å²) < 4.78 is 5.17. The predicted molar refractivity (Wildman–Crippen MR) is 249 cm³/mol. The molecule has 57 heavy (non-hydrogen) atoms. The van der Waals surface area contributed by atoms with Gasteiger partial charge >= 0.3 is 0 Å². The summed E-state index contributed by atoms with van der Waals surface area (Å²) in [6.45, 7) is 0. The summed E-state index contributed by atoms with van der Waals surface area (Å²) in [6, 6.07) is 77.6. The highest BCUT2D eigenvalue weighted by molar-refractivity contribution is 7.26. The number of rotatable bonds is 7. The van der Waals surface area contributed by atoms with E-state index in [0.29, 0.717) is 0 Å². The minimum Gasteiger partial charge on any atom is -0.310 e. The van der Waals surface area contributed by atoms with Gasteiger partial charge in [0.25, 0.3) is 0 Å². The van der Waals surface area contributed by atoms with Crippen LogP contribution in [0.15, 0.2) is 212 Å². The van der Waals surface area contributed by atoms with E-state index in [9.17, 15) is 0 Å². The SMILES string of the molecule is c1ccc(-c2ccc(-c3cccc(N(c4ccc5c(c4)sc4cc(-c6ccccc6)ccc45)c4ccc(-c5ccccc5)c5sc6ccccc6c45)c3)cc2)cc1. The van der Waals surface area contributed by atoms with Crippen LogP contribution in [0, 0.1) is 0 Å². The summed E-state index contributed by atoms with van der Waals surface area (Å²) in [5.74, 6) is 0. The number of hydrogen-bond donors (Lipinski definition) is 0. The zero-order chi connectivity index (χ0) is 37.7. The summed E-state index contributed by atoms with van der Waals surface area (Å²) >= 11 is 3.76. The summed E-state index contributed by atoms with van der Waals surface area (Å²) in [7, 11) is 0. The van der Waals surface area contributed by atoms with Crippen LogP contribution in [0.5, 0.6) is 0 Å². The van der Waals surface area contributed by atoms with Gasteiger partial charge in [-0.2, -0.15) is 0 Å². The zero-order valence-electron chi connectivity index (χ0n) is 31.0. The molecule has 11 aromatic rings. The third-order valence-corrected chi connectivity index (χ3v) is 13.4. The average molecular weight is 762 g/mol. The number of fused-ring (bicyclic) bond motifs is 6. The Hall–Kier alpha value is -6.78. The lowest BCUT2D eigenvalue weighted by molar-refractivity contribution is 1.31. The van der Waals surface area contributed by atoms with Crippen LogP contribution < -0.4 is 4.90 Å². The Kier molecular flexibility index (Phi) is 8.28. The van der Waals surface area contributed by atoms with Gasteiger partial charge in [-0.1, -0.05) is 170 Å². The first-order valence-electron chi connectivity index (χ1n) is 19.3. The lowest BCUT2D eigenvalue weighted by atomic mass is 9.98. The van der Waals surface area contributed by atoms with Crippen molar-refractivity contribution in [3.8, 4) is 44.5 Å². The van der Waals surface area contributed by atoms with Gasteiger partial charge in [0.1, 0.15) is 0 Å². The summed E-state index contributed by atoms with van der Waals surface area (Å²) in [4.78, 5) is 2.48. The summed E-state index contributed by atoms with van der Waals surface area (Å²) in [6.07, 6.45) is 0. The van der Waals surface area contributed by atoms with E-state index < -0.39 is 0 Å². The molecule has 0 aliphatic rings. The second-order valence-corrected chi connectivity index (χ2v) is 16.6. The molecule has 0 saturated heterocycles. The van der Waals surface area contributed by atoms with Crippen LogP contribution in [0.25, 0.3) is 84.9 Å². The van der Waals surface area contributed by atoms with E-state index in [0.717, 1.165) is 11.4 Å². The van der Waals surface area contributed by atoms with Crippen LogP contribution in [-0.2, 0) is 0 Å². The van der Waals surface area contributed by atoms with Crippen molar-refractivity contribution in [2.45, 2.75) is 0 Å². The molecule has 0 atom stereocenters. The molecule has 268 valence electrons. The van der Waals surface area contributed by atoms with E-state index in [2.05, 4.69) is 217 Å². The Morgan fingerprint density at radius 1 is 0.298 bits per heavy atom. The maximum atomic E-state index is 2.48. The molecule has 2 heterocycles. The molecule has 11 rings (SSSR count). The van der Waals surface area contributed by atoms with Crippen molar-refractivity contribution in [1.82, 2.24) is 0 Å². The molecule has 0 spiro atoms. The van der Waals surface area contributed by atoms with Gasteiger partial charge in [0.15, 0.2) is 0 Å². The van der Waals surface area contributed by atoms with Crippen LogP contribution in [0.4, 0.5) is 17.1 Å². The van der Waals surface area contributed by atoms with Crippen molar-refractivity contribution < 1.29 is 0 Å². The maximum absolute atomic E-state index is 2.48. The number of nitrogens with zero attached hydrogens (tertiary/aromatic N) is 1. The van der Waals surface area contributed by atoms with Crippen LogP contribution in [0.2, 0.25) is 0 Å². The van der Waals surface area contributed by atoms with Crippen molar-refractivity contribution in [2.75, 3.05) is 4.90 Å². The fourth-order valence-corrected chi connectivity index (χ4v) is 10.7. The monoisotopic (exact) mass is 761 g/mol. The summed E-state index contributed by atoms with van der Waals surface area (Å²) in [5, 5.41) is 5.14. The average Bonchev–Trinajstić information content (AvgIpc) is 3.86. The zero-order valence-corrected chi connectivity index (χ0v) is 32.6. The second kappa shape index (κ2) is 14.1. The van der Waals surface area contributed by atoms with Gasteiger partial charge in [-0.3, -0.25) is 0 Å². The molecule has 0 radical (unpaired) electrons. The molecule has 0 unspecified atom stereocenters. The first-order valence-corrected chi connectivity index (χ1v) is 21.0. The van der Waals surface area contributed by atoms with E-state index in [-0.39, 0.29) is 0 Å². The number of benzene rings is 9. The standard InChI is InChI=1S/C54H35NS2/c1-4-13-36(14-5-1)38-23-25-39(26-24-38)41-19-12-20-43(33-41)55(44-28-30-47-46-29-27-42(37-15-6-2-7-16-37)34-51(46)56-52(47)35-44)49-32-31-45(40-17-8-3-9-18-40)54-53(49)48-21-10-11-22-50(48)57-54/h1-35H. The molecule has 0 fully saturated rings. The van der Waals surface area contributed by atoms with E-state index in [1.165, 1.54) is 90.5 Å². The molecule has 0 bridgehead atoms. The normalized spacial score (nSPS) is 11.5. The fraction of sp³-hybridized carbons (Fsp3) is 0. The summed E-state index contributed by atoms with van der Waals surface area (Å²) in [5.41, 5.74) is 13.2. The van der Waals surface area contributed by atoms with Crippen molar-refractivity contribution in [1.29, 1.82) is 0 Å². The molecule has 3 heteroatoms. The van der Waals surface area contributed by atoms with E-state index >= 15 is 0 Å². The highest BCUT2D eigenvalue weighted by Crippen LogP contribution is 2.49. The third kappa shape index (κ3) is 6.00. The molecule has 2 aromatic heterocycles. The number of anilines is 3. The molecule has 0 aliphatic heterocycles. The van der Waals surface area contributed by atoms with Crippen LogP contribution >= 0.6 is 22.7 Å². The van der Waals surface area contributed by atoms with Gasteiger partial charge in [-0.05, 0) is 87.0 Å². The van der Waals surface area contributed by atoms with Crippen molar-refractivity contribution >= 4 is 80.1 Å². The first-order chi connectivity index (χ1) is 28.2. The second-order valence-electron chi connectivity index (χ2n) is 14.5. The number of hydrogen-bond acceptors (Lipinski definition) is 3. The Morgan fingerprint density at radius 3 is 1.56 bits per heavy atom. The molecule has 0 N–H and O–H groups in total. The van der Waals surface area contributed by atoms with Gasteiger partial charge in [-0.25, -0.2) is 0 Å². The molecule has 0 aliphatic carbocycles. The van der Waals surface area contributed by atoms with Crippen molar-refractivity contribution in [2.24, 2.45) is 0 Å². The minimum absolute atomic E-state index is 1.12. The molecule has 9 aromatic carbocycles. The first kappa shape index (κ1) is 33.5. The highest BCUT2D eigenvalue weighted by atomic mass is 32.1. The maximum Gasteiger partial charge on any atom is 0.0555 e. The lowest BCUT2D eigenvalue weighted by Gasteiger charge is -2.27. The third-order valence-electron chi connectivity index (χ3n) is 11.1. The van der Waals surface area contributed by atoms with Crippen molar-refractivity contribution in [3.05, 3.63) is 212 Å². The van der Waals surface area contributed by atoms with Crippen LogP contribution in [-0.4, -0.2) is 0 Å². The minimum atomic E-state index is 1.12. The van der Waals surface area contributed by atoms with Gasteiger partial charge in [0.05, 0.1) is 5.69 Å². The van der Waals surface area contributed by atoms with Gasteiger partial charge in [-0.15, -0.1) is 22.7 Å². The fourth-order valence-electron chi connectivity index (χ4n) is 8.29. The van der Waals surface area contributed by atoms with Crippen LogP contribution in [0.3, 0.4) is 0 Å². The molecule has 0 saturated carbocycles. The Balaban J connectivity index is 1.11. The Bertz CT molecular complexity index is 3220. The lowest BCUT2D eigenvalue weighted by Crippen LogP contribution is -2.10. The van der Waals surface area contributed by atoms with Crippen molar-refractivity contribution in [3.63, 3.8) is 0 Å². The molecular weight excluding hydrogens is 727 g/mol. The van der Waals surface area contributed by atoms with E-state index in [1.54, 1.807) is 0 Å². The smallest absolute Gasteiger partial charge is 0.0555 e. The quantitative estimate of drug-likeness (QED) is 0.156. The van der Waals surface area contributed by atoms with Gasteiger partial charge in [0.2, 0.25) is 0 Å². The Labute approximate surface area is 340 Å². The largest absolute Gasteiger partial charge is 0.310 e. The molecule has 1 nitrogen and oxygen atoms in total. The predicted octanol–water partition coefficient (Wildman–Crippen LogP) is 16.6. The van der Waals surface area contributed by atoms with Gasteiger partial charge < -0.3 is 4.90 Å². The van der Waals surface area contributed by atoms with Gasteiger partial charge in [0, 0.05) is 51.7 Å². The van der Waals surface area contributed by atoms with E-state index in [1.807, 2.05) is 22.7 Å². The Morgan fingerprint density at radius 2 is 0.825 bits per heavy atom. The van der Waals surface area contributed by atoms with E-state index in [4.69, 9.17) is 0 Å². The molecule has 0 amide bonds.